The second kappa shape index (κ2) is 12.1. The molecule has 3 aromatic carbocycles. The molecular formula is C27H25N3O7S2. The summed E-state index contributed by atoms with van der Waals surface area (Å²) >= 11 is 1.22. The summed E-state index contributed by atoms with van der Waals surface area (Å²) in [6.45, 7) is 1.48. The summed E-state index contributed by atoms with van der Waals surface area (Å²) in [5.74, 6) is 0.632. The number of nitrogens with zero attached hydrogens (tertiary/aromatic N) is 2. The van der Waals surface area contributed by atoms with Gasteiger partial charge in [-0.1, -0.05) is 30.4 Å². The molecule has 1 amide bonds. The van der Waals surface area contributed by atoms with E-state index in [2.05, 4.69) is 10.3 Å². The quantitative estimate of drug-likeness (QED) is 0.273. The molecular weight excluding hydrogens is 542 g/mol. The van der Waals surface area contributed by atoms with E-state index >= 15 is 0 Å². The van der Waals surface area contributed by atoms with Crippen LogP contribution in [0, 0.1) is 11.3 Å². The Kier molecular flexibility index (Phi) is 8.65. The van der Waals surface area contributed by atoms with Crippen molar-refractivity contribution in [1.29, 1.82) is 5.26 Å². The number of nitriles is 1. The van der Waals surface area contributed by atoms with Crippen molar-refractivity contribution in [2.24, 2.45) is 0 Å². The predicted octanol–water partition coefficient (Wildman–Crippen LogP) is 4.10. The van der Waals surface area contributed by atoms with Gasteiger partial charge in [-0.3, -0.25) is 10.1 Å². The van der Waals surface area contributed by atoms with Gasteiger partial charge in [0.1, 0.15) is 12.4 Å². The van der Waals surface area contributed by atoms with Crippen molar-refractivity contribution < 1.29 is 32.5 Å². The molecule has 1 heterocycles. The number of benzene rings is 3. The number of aliphatic hydroxyl groups excluding tert-OH is 1. The Bertz CT molecular complexity index is 1610. The van der Waals surface area contributed by atoms with Gasteiger partial charge in [0.05, 0.1) is 46.2 Å². The third-order valence-corrected chi connectivity index (χ3v) is 8.33. The summed E-state index contributed by atoms with van der Waals surface area (Å²) < 4.78 is 42.1. The summed E-state index contributed by atoms with van der Waals surface area (Å²) in [4.78, 5) is 18.1. The fraction of sp³-hybridized carbons (Fsp3) is 0.222. The van der Waals surface area contributed by atoms with Gasteiger partial charge in [-0.05, 0) is 36.4 Å². The third kappa shape index (κ3) is 6.46. The number of carbonyl (C=O) groups is 1. The molecule has 0 bridgehead atoms. The molecule has 1 aromatic heterocycles. The maximum absolute atomic E-state index is 13.5. The van der Waals surface area contributed by atoms with Crippen LogP contribution >= 0.6 is 11.3 Å². The smallest absolute Gasteiger partial charge is 0.271 e. The van der Waals surface area contributed by atoms with Gasteiger partial charge in [-0.25, -0.2) is 13.4 Å². The van der Waals surface area contributed by atoms with Gasteiger partial charge in [-0.2, -0.15) is 5.26 Å². The Balaban J connectivity index is 1.64. The first-order valence-corrected chi connectivity index (χ1v) is 14.3. The maximum Gasteiger partial charge on any atom is 0.271 e. The molecule has 0 aliphatic rings. The fourth-order valence-electron chi connectivity index (χ4n) is 3.62. The largest absolute Gasteiger partial charge is 0.493 e. The topological polar surface area (TPSA) is 148 Å². The number of aliphatic hydroxyl groups is 1. The minimum Gasteiger partial charge on any atom is -0.493 e. The molecule has 4 aromatic rings. The highest BCUT2D eigenvalue weighted by molar-refractivity contribution is 7.91. The Labute approximate surface area is 229 Å². The molecule has 1 atom stereocenters. The first kappa shape index (κ1) is 27.8. The fourth-order valence-corrected chi connectivity index (χ4v) is 5.39. The van der Waals surface area contributed by atoms with E-state index in [1.165, 1.54) is 42.7 Å². The van der Waals surface area contributed by atoms with E-state index in [0.717, 1.165) is 4.70 Å². The van der Waals surface area contributed by atoms with Crippen molar-refractivity contribution in [2.45, 2.75) is 17.9 Å². The Hall–Kier alpha value is -4.18. The van der Waals surface area contributed by atoms with Gasteiger partial charge in [-0.15, -0.1) is 0 Å². The van der Waals surface area contributed by atoms with E-state index in [1.807, 2.05) is 6.07 Å². The van der Waals surface area contributed by atoms with Crippen molar-refractivity contribution in [3.8, 4) is 23.3 Å². The van der Waals surface area contributed by atoms with Gasteiger partial charge >= 0.3 is 0 Å². The number of ether oxygens (including phenoxy) is 3. The van der Waals surface area contributed by atoms with Crippen LogP contribution in [0.15, 0.2) is 65.6 Å². The number of fused-ring (bicyclic) bond motifs is 1. The van der Waals surface area contributed by atoms with Crippen molar-refractivity contribution >= 4 is 42.4 Å². The minimum absolute atomic E-state index is 0.0485. The number of carbonyl (C=O) groups excluding carboxylic acids is 1. The lowest BCUT2D eigenvalue weighted by Crippen LogP contribution is -2.25. The SMILES string of the molecule is CCS(=O)(=O)c1ccc(C(Oc2ccc(C#N)cc2)C(=O)Nc2nc3cc(OCCO)c(OC)cc3s2)cc1. The number of rotatable bonds is 11. The molecule has 10 nitrogen and oxygen atoms in total. The van der Waals surface area contributed by atoms with Crippen LogP contribution in [0.25, 0.3) is 10.2 Å². The van der Waals surface area contributed by atoms with Crippen molar-refractivity contribution in [1.82, 2.24) is 4.98 Å². The van der Waals surface area contributed by atoms with E-state index in [1.54, 1.807) is 43.3 Å². The Morgan fingerprint density at radius 1 is 1.13 bits per heavy atom. The minimum atomic E-state index is -3.42. The molecule has 1 unspecified atom stereocenters. The molecule has 0 aliphatic heterocycles. The van der Waals surface area contributed by atoms with Crippen LogP contribution in [0.5, 0.6) is 17.2 Å². The average molecular weight is 568 g/mol. The standard InChI is InChI=1S/C27H25N3O7S2/c1-3-39(33,34)20-10-6-18(7-11-20)25(37-19-8-4-17(16-28)5-9-19)26(32)30-27-29-21-14-23(36-13-12-31)22(35-2)15-24(21)38-27/h4-11,14-15,25,31H,3,12-13H2,1-2H3,(H,29,30,32). The lowest BCUT2D eigenvalue weighted by atomic mass is 10.1. The summed E-state index contributed by atoms with van der Waals surface area (Å²) in [6, 6.07) is 17.6. The number of aromatic nitrogens is 1. The first-order chi connectivity index (χ1) is 18.8. The van der Waals surface area contributed by atoms with E-state index in [-0.39, 0.29) is 23.9 Å². The highest BCUT2D eigenvalue weighted by Crippen LogP contribution is 2.37. The molecule has 39 heavy (non-hydrogen) atoms. The van der Waals surface area contributed by atoms with E-state index in [9.17, 15) is 13.2 Å². The maximum atomic E-state index is 13.5. The predicted molar refractivity (Wildman–Crippen MR) is 146 cm³/mol. The normalized spacial score (nSPS) is 11.9. The molecule has 0 spiro atoms. The van der Waals surface area contributed by atoms with Gasteiger partial charge < -0.3 is 19.3 Å². The van der Waals surface area contributed by atoms with Crippen LogP contribution in [0.1, 0.15) is 24.2 Å². The Morgan fingerprint density at radius 2 is 1.85 bits per heavy atom. The molecule has 202 valence electrons. The van der Waals surface area contributed by atoms with E-state index in [0.29, 0.717) is 39.0 Å². The van der Waals surface area contributed by atoms with Crippen LogP contribution in [0.3, 0.4) is 0 Å². The monoisotopic (exact) mass is 567 g/mol. The van der Waals surface area contributed by atoms with Gasteiger partial charge in [0.2, 0.25) is 6.10 Å². The molecule has 2 N–H and O–H groups in total. The van der Waals surface area contributed by atoms with E-state index < -0.39 is 21.8 Å². The highest BCUT2D eigenvalue weighted by atomic mass is 32.2. The lowest BCUT2D eigenvalue weighted by molar-refractivity contribution is -0.123. The van der Waals surface area contributed by atoms with Crippen LogP contribution in [0.2, 0.25) is 0 Å². The molecule has 0 saturated carbocycles. The summed E-state index contributed by atoms with van der Waals surface area (Å²) in [6.07, 6.45) is -1.15. The number of hydrogen-bond donors (Lipinski definition) is 2. The number of nitrogens with one attached hydrogen (secondary N) is 1. The second-order valence-electron chi connectivity index (χ2n) is 8.16. The van der Waals surface area contributed by atoms with Crippen LogP contribution in [0.4, 0.5) is 5.13 Å². The average Bonchev–Trinajstić information content (AvgIpc) is 3.35. The van der Waals surface area contributed by atoms with Crippen LogP contribution in [-0.2, 0) is 14.6 Å². The van der Waals surface area contributed by atoms with Gasteiger partial charge in [0.15, 0.2) is 26.5 Å². The van der Waals surface area contributed by atoms with Gasteiger partial charge in [0.25, 0.3) is 5.91 Å². The van der Waals surface area contributed by atoms with Gasteiger partial charge in [0, 0.05) is 17.7 Å². The van der Waals surface area contributed by atoms with Crippen LogP contribution in [-0.4, -0.2) is 50.5 Å². The number of hydrogen-bond acceptors (Lipinski definition) is 10. The number of thiazole rings is 1. The number of methoxy groups -OCH3 is 1. The van der Waals surface area contributed by atoms with Crippen molar-refractivity contribution in [3.63, 3.8) is 0 Å². The number of sulfone groups is 1. The summed E-state index contributed by atoms with van der Waals surface area (Å²) in [5, 5.41) is 21.2. The third-order valence-electron chi connectivity index (χ3n) is 5.65. The molecule has 4 rings (SSSR count). The molecule has 12 heteroatoms. The molecule has 0 aliphatic carbocycles. The molecule has 0 radical (unpaired) electrons. The van der Waals surface area contributed by atoms with Crippen molar-refractivity contribution in [2.75, 3.05) is 31.4 Å². The lowest BCUT2D eigenvalue weighted by Gasteiger charge is -2.19. The zero-order chi connectivity index (χ0) is 28.0. The first-order valence-electron chi connectivity index (χ1n) is 11.8. The van der Waals surface area contributed by atoms with Crippen molar-refractivity contribution in [3.05, 3.63) is 71.8 Å². The summed E-state index contributed by atoms with van der Waals surface area (Å²) in [5.41, 5.74) is 1.42. The molecule has 0 saturated heterocycles. The summed E-state index contributed by atoms with van der Waals surface area (Å²) in [7, 11) is -1.92. The zero-order valence-corrected chi connectivity index (χ0v) is 22.7. The molecule has 0 fully saturated rings. The number of amides is 1. The van der Waals surface area contributed by atoms with Crippen LogP contribution < -0.4 is 19.5 Å². The highest BCUT2D eigenvalue weighted by Gasteiger charge is 2.25. The zero-order valence-electron chi connectivity index (χ0n) is 21.1. The number of anilines is 1. The second-order valence-corrected chi connectivity index (χ2v) is 11.5. The Morgan fingerprint density at radius 3 is 2.46 bits per heavy atom. The van der Waals surface area contributed by atoms with E-state index in [4.69, 9.17) is 24.6 Å².